The standard InChI is InChI=1S/C29H32BrN3O5/c1-16(2)15-29-22-21(24(34)33(25(22)35)28(3,4)5)23(17-10-12-20(38-6)13-11-17)32(29)27(37)31(26(29)36)19-9-7-8-18(30)14-19/h7-14,16,21-23H,15H2,1-6H3/t21-,22-,23-,29-/m1/s1. The number of carbonyl (C=O) groups excluding carboxylic acids is 4. The lowest BCUT2D eigenvalue weighted by molar-refractivity contribution is -0.149. The molecular weight excluding hydrogens is 550 g/mol. The van der Waals surface area contributed by atoms with Crippen LogP contribution in [-0.4, -0.2) is 51.7 Å². The number of anilines is 1. The Morgan fingerprint density at radius 2 is 1.66 bits per heavy atom. The third-order valence-electron chi connectivity index (χ3n) is 7.80. The number of nitrogens with zero attached hydrogens (tertiary/aromatic N) is 3. The molecule has 0 spiro atoms. The van der Waals surface area contributed by atoms with Crippen LogP contribution in [0, 0.1) is 17.8 Å². The van der Waals surface area contributed by atoms with Crippen LogP contribution in [0.2, 0.25) is 0 Å². The fraction of sp³-hybridized carbons (Fsp3) is 0.448. The van der Waals surface area contributed by atoms with Gasteiger partial charge >= 0.3 is 6.03 Å². The summed E-state index contributed by atoms with van der Waals surface area (Å²) in [5.41, 5.74) is -1.17. The van der Waals surface area contributed by atoms with Gasteiger partial charge in [0.25, 0.3) is 5.91 Å². The first-order valence-electron chi connectivity index (χ1n) is 12.8. The Bertz CT molecular complexity index is 1330. The molecule has 2 aromatic carbocycles. The number of halogens is 1. The summed E-state index contributed by atoms with van der Waals surface area (Å²) in [6.07, 6.45) is 0.257. The Labute approximate surface area is 231 Å². The molecule has 0 aliphatic carbocycles. The number of ether oxygens (including phenoxy) is 1. The molecule has 3 aliphatic rings. The average Bonchev–Trinajstić information content (AvgIpc) is 3.36. The van der Waals surface area contributed by atoms with Gasteiger partial charge in [-0.15, -0.1) is 0 Å². The van der Waals surface area contributed by atoms with Crippen molar-refractivity contribution in [3.8, 4) is 5.75 Å². The normalized spacial score (nSPS) is 27.1. The number of urea groups is 1. The maximum Gasteiger partial charge on any atom is 0.332 e. The second-order valence-corrected chi connectivity index (χ2v) is 12.6. The summed E-state index contributed by atoms with van der Waals surface area (Å²) in [5.74, 6) is -2.46. The smallest absolute Gasteiger partial charge is 0.332 e. The Morgan fingerprint density at radius 1 is 1.00 bits per heavy atom. The van der Waals surface area contributed by atoms with Crippen LogP contribution >= 0.6 is 15.9 Å². The highest BCUT2D eigenvalue weighted by Crippen LogP contribution is 2.61. The van der Waals surface area contributed by atoms with E-state index in [-0.39, 0.29) is 18.2 Å². The molecule has 38 heavy (non-hydrogen) atoms. The van der Waals surface area contributed by atoms with Crippen molar-refractivity contribution in [2.75, 3.05) is 12.0 Å². The molecule has 0 unspecified atom stereocenters. The van der Waals surface area contributed by atoms with Crippen LogP contribution < -0.4 is 9.64 Å². The molecule has 5 amide bonds. The maximum absolute atomic E-state index is 14.5. The van der Waals surface area contributed by atoms with Crippen molar-refractivity contribution in [1.29, 1.82) is 0 Å². The van der Waals surface area contributed by atoms with Crippen LogP contribution in [0.15, 0.2) is 53.0 Å². The summed E-state index contributed by atoms with van der Waals surface area (Å²) in [5, 5.41) is 0. The van der Waals surface area contributed by atoms with Crippen molar-refractivity contribution in [2.45, 2.75) is 58.2 Å². The highest BCUT2D eigenvalue weighted by molar-refractivity contribution is 9.10. The van der Waals surface area contributed by atoms with Gasteiger partial charge in [0.15, 0.2) is 0 Å². The number of hydrogen-bond donors (Lipinski definition) is 0. The Morgan fingerprint density at radius 3 is 2.21 bits per heavy atom. The van der Waals surface area contributed by atoms with Crippen molar-refractivity contribution in [2.24, 2.45) is 17.8 Å². The molecule has 5 rings (SSSR count). The van der Waals surface area contributed by atoms with Crippen molar-refractivity contribution in [1.82, 2.24) is 9.80 Å². The fourth-order valence-corrected chi connectivity index (χ4v) is 6.97. The lowest BCUT2D eigenvalue weighted by atomic mass is 9.74. The molecule has 3 aliphatic heterocycles. The van der Waals surface area contributed by atoms with Gasteiger partial charge < -0.3 is 9.64 Å². The van der Waals surface area contributed by atoms with E-state index < -0.39 is 46.8 Å². The summed E-state index contributed by atoms with van der Waals surface area (Å²) < 4.78 is 6.04. The minimum absolute atomic E-state index is 0.0291. The number of methoxy groups -OCH3 is 1. The quantitative estimate of drug-likeness (QED) is 0.359. The molecule has 0 saturated carbocycles. The van der Waals surface area contributed by atoms with Gasteiger partial charge in [-0.2, -0.15) is 0 Å². The summed E-state index contributed by atoms with van der Waals surface area (Å²) in [7, 11) is 1.56. The van der Waals surface area contributed by atoms with Gasteiger partial charge in [0, 0.05) is 10.0 Å². The Kier molecular flexibility index (Phi) is 6.21. The zero-order chi connectivity index (χ0) is 27.7. The maximum atomic E-state index is 14.5. The first-order valence-corrected chi connectivity index (χ1v) is 13.6. The van der Waals surface area contributed by atoms with E-state index >= 15 is 0 Å². The second kappa shape index (κ2) is 8.93. The summed E-state index contributed by atoms with van der Waals surface area (Å²) >= 11 is 3.44. The number of imide groups is 2. The summed E-state index contributed by atoms with van der Waals surface area (Å²) in [6.45, 7) is 9.37. The van der Waals surface area contributed by atoms with Crippen molar-refractivity contribution >= 4 is 45.4 Å². The molecule has 0 radical (unpaired) electrons. The number of likely N-dealkylation sites (tertiary alicyclic amines) is 1. The van der Waals surface area contributed by atoms with Crippen LogP contribution in [0.1, 0.15) is 52.6 Å². The van der Waals surface area contributed by atoms with Gasteiger partial charge in [0.2, 0.25) is 11.8 Å². The minimum atomic E-state index is -1.49. The van der Waals surface area contributed by atoms with Gasteiger partial charge in [-0.1, -0.05) is 48.0 Å². The molecule has 3 fully saturated rings. The highest BCUT2D eigenvalue weighted by Gasteiger charge is 2.77. The van der Waals surface area contributed by atoms with Gasteiger partial charge in [0.05, 0.1) is 30.7 Å². The van der Waals surface area contributed by atoms with E-state index in [1.165, 1.54) is 9.80 Å². The predicted molar refractivity (Wildman–Crippen MR) is 145 cm³/mol. The van der Waals surface area contributed by atoms with E-state index in [0.29, 0.717) is 17.0 Å². The lowest BCUT2D eigenvalue weighted by Gasteiger charge is -2.38. The third-order valence-corrected chi connectivity index (χ3v) is 8.29. The number of benzene rings is 2. The average molecular weight is 582 g/mol. The van der Waals surface area contributed by atoms with Crippen molar-refractivity contribution in [3.63, 3.8) is 0 Å². The van der Waals surface area contributed by atoms with Crippen LogP contribution in [0.3, 0.4) is 0 Å². The molecule has 0 N–H and O–H groups in total. The highest BCUT2D eigenvalue weighted by atomic mass is 79.9. The van der Waals surface area contributed by atoms with E-state index in [4.69, 9.17) is 4.74 Å². The molecular formula is C29H32BrN3O5. The molecule has 4 atom stereocenters. The van der Waals surface area contributed by atoms with Gasteiger partial charge in [-0.25, -0.2) is 9.69 Å². The van der Waals surface area contributed by atoms with Gasteiger partial charge in [-0.05, 0) is 69.0 Å². The van der Waals surface area contributed by atoms with E-state index in [1.807, 2.05) is 52.8 Å². The van der Waals surface area contributed by atoms with E-state index in [0.717, 1.165) is 4.47 Å². The molecule has 9 heteroatoms. The van der Waals surface area contributed by atoms with Crippen LogP contribution in [0.4, 0.5) is 10.5 Å². The molecule has 8 nitrogen and oxygen atoms in total. The van der Waals surface area contributed by atoms with Gasteiger partial charge in [0.1, 0.15) is 11.3 Å². The van der Waals surface area contributed by atoms with Crippen LogP contribution in [0.5, 0.6) is 5.75 Å². The predicted octanol–water partition coefficient (Wildman–Crippen LogP) is 5.17. The Hall–Kier alpha value is -3.20. The topological polar surface area (TPSA) is 87.2 Å². The molecule has 3 saturated heterocycles. The van der Waals surface area contributed by atoms with E-state index in [9.17, 15) is 19.2 Å². The SMILES string of the molecule is COc1ccc([C@@H]2[C@@H]3C(=O)N(C(C)(C)C)C(=O)[C@@H]3[C@]3(CC(C)C)C(=O)N(c4cccc(Br)c4)C(=O)N23)cc1. The summed E-state index contributed by atoms with van der Waals surface area (Å²) in [4.78, 5) is 61.0. The first kappa shape index (κ1) is 26.4. The van der Waals surface area contributed by atoms with Gasteiger partial charge in [-0.3, -0.25) is 19.3 Å². The number of hydrogen-bond acceptors (Lipinski definition) is 5. The zero-order valence-electron chi connectivity index (χ0n) is 22.4. The van der Waals surface area contributed by atoms with Crippen LogP contribution in [-0.2, 0) is 14.4 Å². The van der Waals surface area contributed by atoms with E-state index in [1.54, 1.807) is 42.3 Å². The van der Waals surface area contributed by atoms with Crippen molar-refractivity contribution < 1.29 is 23.9 Å². The molecule has 0 aromatic heterocycles. The number of carbonyl (C=O) groups is 4. The summed E-state index contributed by atoms with van der Waals surface area (Å²) in [6, 6.07) is 12.8. The van der Waals surface area contributed by atoms with Crippen LogP contribution in [0.25, 0.3) is 0 Å². The zero-order valence-corrected chi connectivity index (χ0v) is 24.0. The first-order chi connectivity index (χ1) is 17.8. The monoisotopic (exact) mass is 581 g/mol. The molecule has 3 heterocycles. The second-order valence-electron chi connectivity index (χ2n) is 11.7. The largest absolute Gasteiger partial charge is 0.497 e. The van der Waals surface area contributed by atoms with E-state index in [2.05, 4.69) is 15.9 Å². The molecule has 2 aromatic rings. The number of rotatable bonds is 5. The minimum Gasteiger partial charge on any atom is -0.497 e. The molecule has 200 valence electrons. The van der Waals surface area contributed by atoms with Crippen molar-refractivity contribution in [3.05, 3.63) is 58.6 Å². The molecule has 0 bridgehead atoms. The number of amides is 5. The fourth-order valence-electron chi connectivity index (χ4n) is 6.58. The Balaban J connectivity index is 1.77. The lowest BCUT2D eigenvalue weighted by Crippen LogP contribution is -2.56. The number of fused-ring (bicyclic) bond motifs is 3. The third kappa shape index (κ3) is 3.61.